The van der Waals surface area contributed by atoms with Crippen LogP contribution in [0.15, 0.2) is 36.0 Å². The van der Waals surface area contributed by atoms with E-state index < -0.39 is 12.1 Å². The average Bonchev–Trinajstić information content (AvgIpc) is 3.29. The van der Waals surface area contributed by atoms with Crippen LogP contribution in [-0.4, -0.2) is 63.3 Å². The minimum absolute atomic E-state index is 0.00497. The molecule has 0 spiro atoms. The Morgan fingerprint density at radius 3 is 2.88 bits per heavy atom. The Bertz CT molecular complexity index is 1130. The molecule has 3 aliphatic rings. The summed E-state index contributed by atoms with van der Waals surface area (Å²) in [6, 6.07) is 6.03. The van der Waals surface area contributed by atoms with Gasteiger partial charge in [-0.3, -0.25) is 4.68 Å². The molecule has 2 N–H and O–H groups in total. The number of carboxylic acid groups (broad SMARTS) is 1. The van der Waals surface area contributed by atoms with Crippen LogP contribution in [0.25, 0.3) is 16.6 Å². The fraction of sp³-hybridized carbons (Fsp3) is 0.500. The van der Waals surface area contributed by atoms with E-state index in [1.165, 1.54) is 0 Å². The van der Waals surface area contributed by atoms with Crippen LogP contribution in [0.2, 0.25) is 0 Å². The molecular formula is C24H29N3O5. The number of methoxy groups -OCH3 is 1. The Kier molecular flexibility index (Phi) is 5.02. The van der Waals surface area contributed by atoms with Gasteiger partial charge >= 0.3 is 5.97 Å². The van der Waals surface area contributed by atoms with E-state index in [4.69, 9.17) is 14.6 Å². The van der Waals surface area contributed by atoms with Crippen LogP contribution in [0, 0.1) is 5.41 Å². The zero-order chi connectivity index (χ0) is 22.6. The summed E-state index contributed by atoms with van der Waals surface area (Å²) in [6.45, 7) is 5.60. The first-order valence-corrected chi connectivity index (χ1v) is 11.1. The monoisotopic (exact) mass is 439 g/mol. The first-order chi connectivity index (χ1) is 15.3. The van der Waals surface area contributed by atoms with Crippen molar-refractivity contribution in [3.8, 4) is 5.75 Å². The van der Waals surface area contributed by atoms with Gasteiger partial charge in [0.05, 0.1) is 35.7 Å². The lowest BCUT2D eigenvalue weighted by Crippen LogP contribution is -2.48. The number of benzene rings is 1. The molecule has 170 valence electrons. The Balaban J connectivity index is 1.66. The van der Waals surface area contributed by atoms with Gasteiger partial charge in [-0.25, -0.2) is 4.79 Å². The number of aromatic nitrogens is 2. The summed E-state index contributed by atoms with van der Waals surface area (Å²) in [5.74, 6) is -0.379. The summed E-state index contributed by atoms with van der Waals surface area (Å²) in [7, 11) is 1.67. The van der Waals surface area contributed by atoms with Crippen molar-refractivity contribution in [3.05, 3.63) is 41.7 Å². The quantitative estimate of drug-likeness (QED) is 0.667. The summed E-state index contributed by atoms with van der Waals surface area (Å²) < 4.78 is 13.2. The van der Waals surface area contributed by atoms with Crippen molar-refractivity contribution in [3.63, 3.8) is 0 Å². The molecule has 8 heteroatoms. The van der Waals surface area contributed by atoms with E-state index in [2.05, 4.69) is 23.4 Å². The van der Waals surface area contributed by atoms with Gasteiger partial charge in [0, 0.05) is 31.7 Å². The third-order valence-corrected chi connectivity index (χ3v) is 6.99. The molecule has 0 radical (unpaired) electrons. The number of hydrogen-bond donors (Lipinski definition) is 2. The Morgan fingerprint density at radius 2 is 2.12 bits per heavy atom. The zero-order valence-corrected chi connectivity index (χ0v) is 18.6. The maximum atomic E-state index is 11.8. The summed E-state index contributed by atoms with van der Waals surface area (Å²) in [5.41, 5.74) is 2.45. The van der Waals surface area contributed by atoms with Gasteiger partial charge < -0.3 is 24.6 Å². The second-order valence-corrected chi connectivity index (χ2v) is 9.47. The van der Waals surface area contributed by atoms with Gasteiger partial charge in [0.1, 0.15) is 17.4 Å². The normalized spacial score (nSPS) is 25.6. The molecule has 1 fully saturated rings. The van der Waals surface area contributed by atoms with E-state index in [1.54, 1.807) is 19.4 Å². The largest absolute Gasteiger partial charge is 0.491 e. The number of carboxylic acids is 1. The third-order valence-electron chi connectivity index (χ3n) is 6.99. The Morgan fingerprint density at radius 1 is 1.31 bits per heavy atom. The second-order valence-electron chi connectivity index (χ2n) is 9.47. The molecule has 3 atom stereocenters. The average molecular weight is 440 g/mol. The molecule has 32 heavy (non-hydrogen) atoms. The lowest BCUT2D eigenvalue weighted by Gasteiger charge is -2.46. The maximum Gasteiger partial charge on any atom is 0.336 e. The van der Waals surface area contributed by atoms with Crippen LogP contribution in [0.3, 0.4) is 0 Å². The minimum Gasteiger partial charge on any atom is -0.491 e. The predicted octanol–water partition coefficient (Wildman–Crippen LogP) is 3.18. The molecule has 2 aromatic rings. The van der Waals surface area contributed by atoms with E-state index >= 15 is 0 Å². The van der Waals surface area contributed by atoms with Crippen LogP contribution < -0.4 is 4.74 Å². The number of fused-ring (bicyclic) bond motifs is 8. The molecule has 2 aliphatic heterocycles. The van der Waals surface area contributed by atoms with E-state index in [9.17, 15) is 15.0 Å². The number of carbonyl (C=O) groups is 1. The van der Waals surface area contributed by atoms with Crippen LogP contribution in [0.5, 0.6) is 5.75 Å². The van der Waals surface area contributed by atoms with Crippen molar-refractivity contribution in [2.75, 3.05) is 20.3 Å². The summed E-state index contributed by atoms with van der Waals surface area (Å²) in [6.07, 6.45) is 4.83. The van der Waals surface area contributed by atoms with Crippen LogP contribution in [-0.2, 0) is 9.53 Å². The highest BCUT2D eigenvalue weighted by Crippen LogP contribution is 2.54. The minimum atomic E-state index is -1.17. The molecule has 5 rings (SSSR count). The molecule has 0 saturated heterocycles. The van der Waals surface area contributed by atoms with Crippen LogP contribution >= 0.6 is 0 Å². The predicted molar refractivity (Wildman–Crippen MR) is 119 cm³/mol. The molecule has 8 nitrogen and oxygen atoms in total. The van der Waals surface area contributed by atoms with Crippen LogP contribution in [0.1, 0.15) is 44.8 Å². The number of aliphatic hydroxyl groups is 1. The molecule has 1 aromatic heterocycles. The summed E-state index contributed by atoms with van der Waals surface area (Å²) in [4.78, 5) is 13.8. The van der Waals surface area contributed by atoms with Gasteiger partial charge in [-0.15, -0.1) is 0 Å². The van der Waals surface area contributed by atoms with E-state index in [1.807, 2.05) is 18.2 Å². The number of rotatable bonds is 6. The topological polar surface area (TPSA) is 97.1 Å². The SMILES string of the molecule is COCCCOc1cccc2c3n(nc12)[C@H]1CCC(C)(C)[C@H]1N1C=C(C(=O)O)C(O)C=C31. The molecule has 1 aliphatic carbocycles. The summed E-state index contributed by atoms with van der Waals surface area (Å²) in [5, 5.41) is 26.2. The smallest absolute Gasteiger partial charge is 0.336 e. The van der Waals surface area contributed by atoms with E-state index in [0.29, 0.717) is 13.2 Å². The zero-order valence-electron chi connectivity index (χ0n) is 18.6. The highest BCUT2D eigenvalue weighted by Gasteiger charge is 2.52. The maximum absolute atomic E-state index is 11.8. The lowest BCUT2D eigenvalue weighted by molar-refractivity contribution is -0.133. The van der Waals surface area contributed by atoms with Crippen molar-refractivity contribution < 1.29 is 24.5 Å². The van der Waals surface area contributed by atoms with Crippen molar-refractivity contribution in [1.82, 2.24) is 14.7 Å². The second kappa shape index (κ2) is 7.64. The molecule has 1 aromatic carbocycles. The van der Waals surface area contributed by atoms with E-state index in [-0.39, 0.29) is 23.1 Å². The van der Waals surface area contributed by atoms with Crippen molar-refractivity contribution in [1.29, 1.82) is 0 Å². The Hall–Kier alpha value is -2.84. The standard InChI is InChI=1S/C24H29N3O5/c1-24(2)9-8-16-22(24)26-13-15(23(29)30)18(28)12-17(26)21-14-6-4-7-19(20(14)25-27(16)21)32-11-5-10-31-3/h4,6-7,12-13,16,18,22,28H,5,8-11H2,1-3H3,(H,29,30)/t16-,18?,22-/m0/s1. The van der Waals surface area contributed by atoms with Gasteiger partial charge in [0.15, 0.2) is 0 Å². The highest BCUT2D eigenvalue weighted by atomic mass is 16.5. The number of aliphatic carboxylic acids is 1. The third kappa shape index (κ3) is 3.12. The lowest BCUT2D eigenvalue weighted by atomic mass is 9.83. The van der Waals surface area contributed by atoms with Crippen molar-refractivity contribution >= 4 is 22.6 Å². The fourth-order valence-electron chi connectivity index (χ4n) is 5.49. The number of nitrogens with zero attached hydrogens (tertiary/aromatic N) is 3. The molecule has 1 saturated carbocycles. The molecule has 3 heterocycles. The van der Waals surface area contributed by atoms with Gasteiger partial charge in [-0.1, -0.05) is 26.0 Å². The molecule has 0 bridgehead atoms. The van der Waals surface area contributed by atoms with Gasteiger partial charge in [-0.05, 0) is 30.4 Å². The molecular weight excluding hydrogens is 410 g/mol. The number of hydrogen-bond acceptors (Lipinski definition) is 6. The Labute approximate surface area is 186 Å². The number of ether oxygens (including phenoxy) is 2. The van der Waals surface area contributed by atoms with Crippen molar-refractivity contribution in [2.45, 2.75) is 51.3 Å². The first kappa shape index (κ1) is 21.0. The van der Waals surface area contributed by atoms with Crippen molar-refractivity contribution in [2.24, 2.45) is 5.41 Å². The highest BCUT2D eigenvalue weighted by molar-refractivity contribution is 5.96. The molecule has 0 amide bonds. The van der Waals surface area contributed by atoms with E-state index in [0.717, 1.165) is 47.3 Å². The van der Waals surface area contributed by atoms with Gasteiger partial charge in [0.25, 0.3) is 0 Å². The van der Waals surface area contributed by atoms with Crippen LogP contribution in [0.4, 0.5) is 0 Å². The number of aliphatic hydroxyl groups excluding tert-OH is 1. The summed E-state index contributed by atoms with van der Waals surface area (Å²) >= 11 is 0. The first-order valence-electron chi connectivity index (χ1n) is 11.1. The fourth-order valence-corrected chi connectivity index (χ4v) is 5.49. The molecule has 1 unspecified atom stereocenters. The van der Waals surface area contributed by atoms with Gasteiger partial charge in [0.2, 0.25) is 0 Å². The van der Waals surface area contributed by atoms with Gasteiger partial charge in [-0.2, -0.15) is 5.10 Å².